The van der Waals surface area contributed by atoms with E-state index in [2.05, 4.69) is 15.4 Å². The highest BCUT2D eigenvalue weighted by atomic mass is 19.1. The Kier molecular flexibility index (Phi) is 5.89. The molecule has 0 saturated carbocycles. The van der Waals surface area contributed by atoms with E-state index >= 15 is 0 Å². The van der Waals surface area contributed by atoms with Crippen LogP contribution in [-0.4, -0.2) is 28.4 Å². The standard InChI is InChI=1S/C23H17FN4O4/c24-16-7-5-8-17(12-16)26-21(29)14-32-20-11-4-1-6-15(20)13-25-28-22(30)18-9-2-3-10-19(18)27-23(28)31/h1-13H,14H2,(H,26,29)(H,27,31). The van der Waals surface area contributed by atoms with Gasteiger partial charge in [0.1, 0.15) is 11.6 Å². The normalized spacial score (nSPS) is 11.0. The SMILES string of the molecule is O=C(COc1ccccc1C=Nn1c(=O)[nH]c2ccccc2c1=O)Nc1cccc(F)c1. The quantitative estimate of drug-likeness (QED) is 0.457. The molecule has 8 nitrogen and oxygen atoms in total. The molecule has 4 aromatic rings. The molecule has 2 N–H and O–H groups in total. The van der Waals surface area contributed by atoms with Crippen LogP contribution in [0, 0.1) is 5.82 Å². The second-order valence-corrected chi connectivity index (χ2v) is 6.72. The van der Waals surface area contributed by atoms with Crippen molar-refractivity contribution in [1.82, 2.24) is 9.66 Å². The Balaban J connectivity index is 1.52. The second-order valence-electron chi connectivity index (χ2n) is 6.72. The number of rotatable bonds is 6. The number of aromatic nitrogens is 2. The number of nitrogens with zero attached hydrogens (tertiary/aromatic N) is 2. The van der Waals surface area contributed by atoms with Crippen LogP contribution in [0.5, 0.6) is 5.75 Å². The Morgan fingerprint density at radius 3 is 2.69 bits per heavy atom. The summed E-state index contributed by atoms with van der Waals surface area (Å²) in [5.41, 5.74) is -0.0675. The van der Waals surface area contributed by atoms with Crippen molar-refractivity contribution in [3.63, 3.8) is 0 Å². The molecule has 4 rings (SSSR count). The summed E-state index contributed by atoms with van der Waals surface area (Å²) in [7, 11) is 0. The Hall–Kier alpha value is -4.53. The molecule has 0 atom stereocenters. The molecule has 0 saturated heterocycles. The zero-order valence-electron chi connectivity index (χ0n) is 16.6. The number of nitrogens with one attached hydrogen (secondary N) is 2. The minimum Gasteiger partial charge on any atom is -0.483 e. The Labute approximate surface area is 180 Å². The largest absolute Gasteiger partial charge is 0.483 e. The third-order valence-corrected chi connectivity index (χ3v) is 4.48. The van der Waals surface area contributed by atoms with E-state index in [4.69, 9.17) is 4.74 Å². The van der Waals surface area contributed by atoms with Crippen LogP contribution in [0.4, 0.5) is 10.1 Å². The van der Waals surface area contributed by atoms with E-state index in [-0.39, 0.29) is 6.61 Å². The number of carbonyl (C=O) groups is 1. The van der Waals surface area contributed by atoms with E-state index in [0.717, 1.165) is 4.68 Å². The number of halogens is 1. The maximum absolute atomic E-state index is 13.2. The summed E-state index contributed by atoms with van der Waals surface area (Å²) in [6, 6.07) is 18.8. The van der Waals surface area contributed by atoms with Gasteiger partial charge in [0.2, 0.25) is 0 Å². The summed E-state index contributed by atoms with van der Waals surface area (Å²) in [6.07, 6.45) is 1.30. The number of fused-ring (bicyclic) bond motifs is 1. The maximum atomic E-state index is 13.2. The molecular weight excluding hydrogens is 415 g/mol. The number of ether oxygens (including phenoxy) is 1. The van der Waals surface area contributed by atoms with Crippen LogP contribution >= 0.6 is 0 Å². The van der Waals surface area contributed by atoms with Crippen LogP contribution in [0.15, 0.2) is 87.5 Å². The highest BCUT2D eigenvalue weighted by Gasteiger charge is 2.09. The van der Waals surface area contributed by atoms with Crippen LogP contribution in [0.25, 0.3) is 10.9 Å². The van der Waals surface area contributed by atoms with E-state index in [9.17, 15) is 18.8 Å². The number of H-pyrrole nitrogens is 1. The molecule has 0 aliphatic carbocycles. The molecule has 3 aromatic carbocycles. The first kappa shape index (κ1) is 20.7. The van der Waals surface area contributed by atoms with Crippen molar-refractivity contribution in [3.05, 3.63) is 105 Å². The second kappa shape index (κ2) is 9.09. The van der Waals surface area contributed by atoms with Crippen molar-refractivity contribution in [1.29, 1.82) is 0 Å². The van der Waals surface area contributed by atoms with Crippen molar-refractivity contribution in [2.45, 2.75) is 0 Å². The summed E-state index contributed by atoms with van der Waals surface area (Å²) in [4.78, 5) is 39.6. The van der Waals surface area contributed by atoms with E-state index in [0.29, 0.717) is 27.9 Å². The lowest BCUT2D eigenvalue weighted by Crippen LogP contribution is -2.32. The number of hydrogen-bond donors (Lipinski definition) is 2. The highest BCUT2D eigenvalue weighted by molar-refractivity contribution is 5.92. The summed E-state index contributed by atoms with van der Waals surface area (Å²) in [5, 5.41) is 6.86. The van der Waals surface area contributed by atoms with Gasteiger partial charge in [-0.15, -0.1) is 4.68 Å². The molecule has 32 heavy (non-hydrogen) atoms. The van der Waals surface area contributed by atoms with Crippen molar-refractivity contribution in [3.8, 4) is 5.75 Å². The minimum absolute atomic E-state index is 0.309. The van der Waals surface area contributed by atoms with E-state index < -0.39 is 23.0 Å². The van der Waals surface area contributed by atoms with E-state index in [1.807, 2.05) is 0 Å². The number of benzene rings is 3. The highest BCUT2D eigenvalue weighted by Crippen LogP contribution is 2.16. The average Bonchev–Trinajstić information content (AvgIpc) is 2.78. The number of para-hydroxylation sites is 2. The summed E-state index contributed by atoms with van der Waals surface area (Å²) < 4.78 is 19.5. The lowest BCUT2D eigenvalue weighted by Gasteiger charge is -2.09. The minimum atomic E-state index is -0.683. The Morgan fingerprint density at radius 2 is 1.84 bits per heavy atom. The van der Waals surface area contributed by atoms with E-state index in [1.165, 1.54) is 24.4 Å². The zero-order valence-corrected chi connectivity index (χ0v) is 16.6. The molecule has 9 heteroatoms. The predicted molar refractivity (Wildman–Crippen MR) is 119 cm³/mol. The monoisotopic (exact) mass is 432 g/mol. The number of aromatic amines is 1. The van der Waals surface area contributed by atoms with Crippen LogP contribution < -0.4 is 21.3 Å². The summed E-state index contributed by atoms with van der Waals surface area (Å²) >= 11 is 0. The van der Waals surface area contributed by atoms with Crippen LogP contribution in [0.1, 0.15) is 5.56 Å². The van der Waals surface area contributed by atoms with Crippen molar-refractivity contribution < 1.29 is 13.9 Å². The van der Waals surface area contributed by atoms with Crippen LogP contribution in [-0.2, 0) is 4.79 Å². The van der Waals surface area contributed by atoms with Gasteiger partial charge in [-0.05, 0) is 42.5 Å². The third-order valence-electron chi connectivity index (χ3n) is 4.48. The number of amides is 1. The van der Waals surface area contributed by atoms with Gasteiger partial charge < -0.3 is 15.0 Å². The molecule has 1 heterocycles. The molecule has 1 aromatic heterocycles. The fraction of sp³-hybridized carbons (Fsp3) is 0.0435. The first-order chi connectivity index (χ1) is 15.5. The molecule has 0 radical (unpaired) electrons. The van der Waals surface area contributed by atoms with Gasteiger partial charge in [0.15, 0.2) is 6.61 Å². The van der Waals surface area contributed by atoms with Gasteiger partial charge in [0.05, 0.1) is 17.1 Å². The Bertz CT molecular complexity index is 1440. The zero-order chi connectivity index (χ0) is 22.5. The first-order valence-electron chi connectivity index (χ1n) is 9.57. The smallest absolute Gasteiger partial charge is 0.349 e. The molecule has 1 amide bonds. The van der Waals surface area contributed by atoms with Gasteiger partial charge in [0.25, 0.3) is 11.5 Å². The van der Waals surface area contributed by atoms with Gasteiger partial charge in [-0.3, -0.25) is 9.59 Å². The van der Waals surface area contributed by atoms with Gasteiger partial charge >= 0.3 is 5.69 Å². The molecule has 0 bridgehead atoms. The maximum Gasteiger partial charge on any atom is 0.349 e. The number of anilines is 1. The topological polar surface area (TPSA) is 106 Å². The third kappa shape index (κ3) is 4.62. The predicted octanol–water partition coefficient (Wildman–Crippen LogP) is 2.73. The molecule has 160 valence electrons. The van der Waals surface area contributed by atoms with Gasteiger partial charge in [-0.2, -0.15) is 5.10 Å². The fourth-order valence-electron chi connectivity index (χ4n) is 3.00. The van der Waals surface area contributed by atoms with Crippen LogP contribution in [0.3, 0.4) is 0 Å². The molecule has 0 fully saturated rings. The molecular formula is C23H17FN4O4. The summed E-state index contributed by atoms with van der Waals surface area (Å²) in [6.45, 7) is -0.335. The first-order valence-corrected chi connectivity index (χ1v) is 9.57. The Morgan fingerprint density at radius 1 is 1.06 bits per heavy atom. The number of carbonyl (C=O) groups excluding carboxylic acids is 1. The summed E-state index contributed by atoms with van der Waals surface area (Å²) in [5.74, 6) is -0.635. The van der Waals surface area contributed by atoms with Gasteiger partial charge in [0, 0.05) is 11.3 Å². The van der Waals surface area contributed by atoms with Crippen molar-refractivity contribution in [2.75, 3.05) is 11.9 Å². The lowest BCUT2D eigenvalue weighted by atomic mass is 10.2. The van der Waals surface area contributed by atoms with Crippen LogP contribution in [0.2, 0.25) is 0 Å². The van der Waals surface area contributed by atoms with Crippen molar-refractivity contribution in [2.24, 2.45) is 5.10 Å². The average molecular weight is 432 g/mol. The molecule has 0 unspecified atom stereocenters. The number of hydrogen-bond acceptors (Lipinski definition) is 5. The van der Waals surface area contributed by atoms with E-state index in [1.54, 1.807) is 54.6 Å². The van der Waals surface area contributed by atoms with Gasteiger partial charge in [-0.1, -0.05) is 30.3 Å². The van der Waals surface area contributed by atoms with Gasteiger partial charge in [-0.25, -0.2) is 9.18 Å². The fourth-order valence-corrected chi connectivity index (χ4v) is 3.00. The lowest BCUT2D eigenvalue weighted by molar-refractivity contribution is -0.118. The van der Waals surface area contributed by atoms with Crippen molar-refractivity contribution >= 4 is 28.7 Å². The molecule has 0 aliphatic rings. The molecule has 0 aliphatic heterocycles. The molecule has 0 spiro atoms.